The van der Waals surface area contributed by atoms with Crippen LogP contribution in [0.4, 0.5) is 17.5 Å². The van der Waals surface area contributed by atoms with Gasteiger partial charge in [-0.1, -0.05) is 0 Å². The van der Waals surface area contributed by atoms with Crippen molar-refractivity contribution in [2.24, 2.45) is 7.05 Å². The molecule has 0 unspecified atom stereocenters. The van der Waals surface area contributed by atoms with Crippen molar-refractivity contribution in [1.82, 2.24) is 19.5 Å². The predicted molar refractivity (Wildman–Crippen MR) is 95.3 cm³/mol. The number of H-pyrrole nitrogens is 1. The van der Waals surface area contributed by atoms with Crippen molar-refractivity contribution >= 4 is 39.6 Å². The molecule has 0 radical (unpaired) electrons. The van der Waals surface area contributed by atoms with Crippen LogP contribution in [0.5, 0.6) is 0 Å². The molecule has 0 bridgehead atoms. The Morgan fingerprint density at radius 3 is 3.00 bits per heavy atom. The number of aromatic amines is 1. The van der Waals surface area contributed by atoms with Crippen LogP contribution in [0.2, 0.25) is 0 Å². The molecule has 8 heteroatoms. The molecule has 25 heavy (non-hydrogen) atoms. The van der Waals surface area contributed by atoms with Gasteiger partial charge in [-0.2, -0.15) is 4.98 Å². The van der Waals surface area contributed by atoms with Gasteiger partial charge in [-0.05, 0) is 31.0 Å². The van der Waals surface area contributed by atoms with Crippen LogP contribution >= 0.6 is 0 Å². The number of aryl methyl sites for hydroxylation is 1. The average molecular weight is 336 g/mol. The highest BCUT2D eigenvalue weighted by atomic mass is 16.3. The fourth-order valence-corrected chi connectivity index (χ4v) is 2.88. The van der Waals surface area contributed by atoms with Crippen LogP contribution in [0, 0.1) is 0 Å². The van der Waals surface area contributed by atoms with Crippen molar-refractivity contribution in [3.05, 3.63) is 41.0 Å². The van der Waals surface area contributed by atoms with Gasteiger partial charge in [0.25, 0.3) is 0 Å². The maximum atomic E-state index is 11.7. The maximum Gasteiger partial charge on any atom is 0.326 e. The highest BCUT2D eigenvalue weighted by Gasteiger charge is 2.23. The minimum atomic E-state index is -0.140. The van der Waals surface area contributed by atoms with Crippen molar-refractivity contribution in [2.45, 2.75) is 18.9 Å². The Morgan fingerprint density at radius 2 is 2.16 bits per heavy atom. The summed E-state index contributed by atoms with van der Waals surface area (Å²) in [6.45, 7) is 0. The first kappa shape index (κ1) is 14.1. The number of hydrogen-bond acceptors (Lipinski definition) is 6. The third-order valence-electron chi connectivity index (χ3n) is 4.38. The molecule has 0 spiro atoms. The lowest BCUT2D eigenvalue weighted by Crippen LogP contribution is -2.11. The molecule has 8 nitrogen and oxygen atoms in total. The number of anilines is 3. The number of hydrogen-bond donors (Lipinski definition) is 3. The van der Waals surface area contributed by atoms with Gasteiger partial charge in [-0.25, -0.2) is 9.78 Å². The molecule has 4 aromatic rings. The van der Waals surface area contributed by atoms with Crippen LogP contribution in [0.15, 0.2) is 39.7 Å². The molecule has 3 heterocycles. The number of aromatic nitrogens is 4. The highest BCUT2D eigenvalue weighted by Crippen LogP contribution is 2.30. The lowest BCUT2D eigenvalue weighted by molar-refractivity contribution is 0.614. The zero-order valence-corrected chi connectivity index (χ0v) is 13.5. The summed E-state index contributed by atoms with van der Waals surface area (Å²) in [5.74, 6) is 1.18. The van der Waals surface area contributed by atoms with Crippen molar-refractivity contribution in [2.75, 3.05) is 10.6 Å². The Labute approximate surface area is 141 Å². The summed E-state index contributed by atoms with van der Waals surface area (Å²) in [5.41, 5.74) is 3.68. The van der Waals surface area contributed by atoms with Gasteiger partial charge in [0.1, 0.15) is 5.52 Å². The van der Waals surface area contributed by atoms with Crippen molar-refractivity contribution in [3.63, 3.8) is 0 Å². The largest absolute Gasteiger partial charge is 0.459 e. The van der Waals surface area contributed by atoms with Gasteiger partial charge in [0.15, 0.2) is 11.4 Å². The van der Waals surface area contributed by atoms with E-state index in [0.717, 1.165) is 35.1 Å². The average Bonchev–Trinajstić information content (AvgIpc) is 3.19. The van der Waals surface area contributed by atoms with Crippen molar-refractivity contribution < 1.29 is 4.42 Å². The van der Waals surface area contributed by atoms with Crippen LogP contribution in [0.25, 0.3) is 22.1 Å². The number of furan rings is 1. The van der Waals surface area contributed by atoms with E-state index in [-0.39, 0.29) is 5.69 Å². The summed E-state index contributed by atoms with van der Waals surface area (Å²) >= 11 is 0. The standard InChI is InChI=1S/C17H16N6O2/c1-23-13-5-4-10(8-12(13)21-17(23)24)19-16-20-11-6-7-25-14(11)15(22-16)18-9-2-3-9/h4-9H,2-3H2,1H3,(H,21,24)(H2,18,19,20,22). The molecule has 1 aromatic carbocycles. The quantitative estimate of drug-likeness (QED) is 0.530. The maximum absolute atomic E-state index is 11.7. The number of rotatable bonds is 4. The lowest BCUT2D eigenvalue weighted by atomic mass is 10.3. The first-order chi connectivity index (χ1) is 12.2. The molecule has 0 atom stereocenters. The monoisotopic (exact) mass is 336 g/mol. The van der Waals surface area contributed by atoms with E-state index in [4.69, 9.17) is 4.42 Å². The van der Waals surface area contributed by atoms with Gasteiger partial charge in [-0.15, -0.1) is 0 Å². The molecular formula is C17H16N6O2. The van der Waals surface area contributed by atoms with E-state index in [1.54, 1.807) is 17.9 Å². The first-order valence-corrected chi connectivity index (χ1v) is 8.15. The van der Waals surface area contributed by atoms with Gasteiger partial charge < -0.3 is 20.0 Å². The zero-order chi connectivity index (χ0) is 17.0. The topological polar surface area (TPSA) is 101 Å². The highest BCUT2D eigenvalue weighted by molar-refractivity contribution is 5.86. The van der Waals surface area contributed by atoms with E-state index in [1.807, 2.05) is 24.3 Å². The number of nitrogens with zero attached hydrogens (tertiary/aromatic N) is 3. The Hall–Kier alpha value is -3.29. The van der Waals surface area contributed by atoms with Crippen molar-refractivity contribution in [3.8, 4) is 0 Å². The molecule has 5 rings (SSSR count). The van der Waals surface area contributed by atoms with E-state index in [2.05, 4.69) is 25.6 Å². The van der Waals surface area contributed by atoms with Crippen LogP contribution in [-0.2, 0) is 7.05 Å². The minimum absolute atomic E-state index is 0.140. The van der Waals surface area contributed by atoms with E-state index >= 15 is 0 Å². The lowest BCUT2D eigenvalue weighted by Gasteiger charge is -2.09. The smallest absolute Gasteiger partial charge is 0.326 e. The first-order valence-electron chi connectivity index (χ1n) is 8.15. The van der Waals surface area contributed by atoms with Crippen molar-refractivity contribution in [1.29, 1.82) is 0 Å². The van der Waals surface area contributed by atoms with Gasteiger partial charge in [0.2, 0.25) is 5.95 Å². The fraction of sp³-hybridized carbons (Fsp3) is 0.235. The molecule has 0 saturated heterocycles. The molecule has 1 aliphatic carbocycles. The normalized spacial score (nSPS) is 14.3. The summed E-state index contributed by atoms with van der Waals surface area (Å²) < 4.78 is 7.07. The van der Waals surface area contributed by atoms with E-state index < -0.39 is 0 Å². The second-order valence-electron chi connectivity index (χ2n) is 6.30. The molecule has 0 amide bonds. The van der Waals surface area contributed by atoms with Gasteiger partial charge in [0.05, 0.1) is 17.3 Å². The molecule has 1 saturated carbocycles. The molecule has 0 aliphatic heterocycles. The molecule has 3 N–H and O–H groups in total. The van der Waals surface area contributed by atoms with E-state index in [1.165, 1.54) is 0 Å². The van der Waals surface area contributed by atoms with E-state index in [0.29, 0.717) is 23.4 Å². The second-order valence-corrected chi connectivity index (χ2v) is 6.30. The summed E-state index contributed by atoms with van der Waals surface area (Å²) in [4.78, 5) is 23.6. The van der Waals surface area contributed by atoms with Crippen LogP contribution in [0.3, 0.4) is 0 Å². The van der Waals surface area contributed by atoms with Crippen LogP contribution < -0.4 is 16.3 Å². The second kappa shape index (κ2) is 5.10. The number of fused-ring (bicyclic) bond motifs is 2. The summed E-state index contributed by atoms with van der Waals surface area (Å²) in [5, 5.41) is 6.58. The zero-order valence-electron chi connectivity index (χ0n) is 13.5. The number of imidazole rings is 1. The Kier molecular flexibility index (Phi) is 2.87. The van der Waals surface area contributed by atoms with E-state index in [9.17, 15) is 4.79 Å². The molecule has 1 aliphatic rings. The van der Waals surface area contributed by atoms with Gasteiger partial charge in [-0.3, -0.25) is 4.57 Å². The summed E-state index contributed by atoms with van der Waals surface area (Å²) in [6.07, 6.45) is 3.90. The summed E-state index contributed by atoms with van der Waals surface area (Å²) in [6, 6.07) is 7.93. The minimum Gasteiger partial charge on any atom is -0.459 e. The van der Waals surface area contributed by atoms with Gasteiger partial charge in [0, 0.05) is 24.8 Å². The Bertz CT molecular complexity index is 1150. The molecule has 126 valence electrons. The molecule has 3 aromatic heterocycles. The van der Waals surface area contributed by atoms with Crippen LogP contribution in [-0.4, -0.2) is 25.6 Å². The Morgan fingerprint density at radius 1 is 1.28 bits per heavy atom. The Balaban J connectivity index is 1.53. The SMILES string of the molecule is Cn1c(=O)[nH]c2cc(Nc3nc(NC4CC4)c4occc4n3)ccc21. The predicted octanol–water partition coefficient (Wildman–Crippen LogP) is 2.72. The number of benzene rings is 1. The third-order valence-corrected chi connectivity index (χ3v) is 4.38. The number of nitrogens with one attached hydrogen (secondary N) is 3. The fourth-order valence-electron chi connectivity index (χ4n) is 2.88. The molecule has 1 fully saturated rings. The molecular weight excluding hydrogens is 320 g/mol. The third kappa shape index (κ3) is 2.42. The summed E-state index contributed by atoms with van der Waals surface area (Å²) in [7, 11) is 1.74. The van der Waals surface area contributed by atoms with Crippen LogP contribution in [0.1, 0.15) is 12.8 Å². The van der Waals surface area contributed by atoms with Gasteiger partial charge >= 0.3 is 5.69 Å².